The summed E-state index contributed by atoms with van der Waals surface area (Å²) in [4.78, 5) is 14.4. The van der Waals surface area contributed by atoms with E-state index in [0.717, 1.165) is 29.3 Å². The minimum Gasteiger partial charge on any atom is -0.465 e. The number of fused-ring (bicyclic) bond motifs is 1. The number of rotatable bonds is 7. The standard InChI is InChI=1S/C20H22FN3O2/c1-2-3-19(16-7-9-22-13-17(16)21)24-11-8-15-12-14(4-5-18(15)24)6-10-23-20(25)26/h4-5,7-9,11-13,19,23H,2-3,6,10H2,1H3,(H,25,26). The number of benzene rings is 1. The summed E-state index contributed by atoms with van der Waals surface area (Å²) in [6.45, 7) is 2.47. The average Bonchev–Trinajstić information content (AvgIpc) is 3.03. The Morgan fingerprint density at radius 3 is 2.92 bits per heavy atom. The van der Waals surface area contributed by atoms with E-state index in [4.69, 9.17) is 5.11 Å². The molecule has 1 atom stereocenters. The van der Waals surface area contributed by atoms with Crippen LogP contribution in [-0.4, -0.2) is 27.3 Å². The molecular weight excluding hydrogens is 333 g/mol. The highest BCUT2D eigenvalue weighted by Gasteiger charge is 2.18. The first-order valence-electron chi connectivity index (χ1n) is 8.75. The molecule has 0 radical (unpaired) electrons. The van der Waals surface area contributed by atoms with Gasteiger partial charge in [-0.15, -0.1) is 0 Å². The van der Waals surface area contributed by atoms with Crippen molar-refractivity contribution in [2.24, 2.45) is 0 Å². The number of aromatic nitrogens is 2. The van der Waals surface area contributed by atoms with E-state index in [1.807, 2.05) is 24.4 Å². The molecule has 2 aromatic heterocycles. The van der Waals surface area contributed by atoms with Crippen molar-refractivity contribution in [3.63, 3.8) is 0 Å². The summed E-state index contributed by atoms with van der Waals surface area (Å²) < 4.78 is 16.4. The average molecular weight is 355 g/mol. The van der Waals surface area contributed by atoms with E-state index >= 15 is 0 Å². The van der Waals surface area contributed by atoms with Crippen LogP contribution in [0.5, 0.6) is 0 Å². The predicted molar refractivity (Wildman–Crippen MR) is 98.9 cm³/mol. The van der Waals surface area contributed by atoms with Gasteiger partial charge in [0.1, 0.15) is 5.82 Å². The van der Waals surface area contributed by atoms with Crippen LogP contribution in [0.25, 0.3) is 10.9 Å². The Bertz CT molecular complexity index is 907. The van der Waals surface area contributed by atoms with E-state index in [1.54, 1.807) is 12.3 Å². The maximum absolute atomic E-state index is 14.3. The van der Waals surface area contributed by atoms with E-state index in [9.17, 15) is 9.18 Å². The van der Waals surface area contributed by atoms with Crippen LogP contribution in [0.1, 0.15) is 36.9 Å². The van der Waals surface area contributed by atoms with E-state index in [-0.39, 0.29) is 11.9 Å². The van der Waals surface area contributed by atoms with Gasteiger partial charge in [-0.2, -0.15) is 0 Å². The molecule has 0 aliphatic rings. The van der Waals surface area contributed by atoms with Gasteiger partial charge < -0.3 is 15.0 Å². The van der Waals surface area contributed by atoms with Crippen molar-refractivity contribution in [2.75, 3.05) is 6.54 Å². The molecule has 26 heavy (non-hydrogen) atoms. The molecule has 0 aliphatic carbocycles. The minimum absolute atomic E-state index is 0.0833. The number of carbonyl (C=O) groups is 1. The number of halogens is 1. The lowest BCUT2D eigenvalue weighted by Gasteiger charge is -2.20. The first-order chi connectivity index (χ1) is 12.6. The normalized spacial score (nSPS) is 12.2. The van der Waals surface area contributed by atoms with Crippen molar-refractivity contribution in [3.05, 3.63) is 65.9 Å². The topological polar surface area (TPSA) is 67.2 Å². The van der Waals surface area contributed by atoms with Gasteiger partial charge in [0.05, 0.1) is 12.2 Å². The molecule has 3 rings (SSSR count). The number of carboxylic acid groups (broad SMARTS) is 1. The monoisotopic (exact) mass is 355 g/mol. The molecule has 0 aliphatic heterocycles. The smallest absolute Gasteiger partial charge is 0.404 e. The third-order valence-corrected chi connectivity index (χ3v) is 4.54. The van der Waals surface area contributed by atoms with Gasteiger partial charge >= 0.3 is 6.09 Å². The fraction of sp³-hybridized carbons (Fsp3) is 0.300. The van der Waals surface area contributed by atoms with Crippen molar-refractivity contribution in [1.29, 1.82) is 0 Å². The summed E-state index contributed by atoms with van der Waals surface area (Å²) >= 11 is 0. The lowest BCUT2D eigenvalue weighted by molar-refractivity contribution is 0.194. The van der Waals surface area contributed by atoms with Crippen LogP contribution in [0.15, 0.2) is 48.9 Å². The van der Waals surface area contributed by atoms with Gasteiger partial charge in [0.2, 0.25) is 0 Å². The number of pyridine rings is 1. The maximum atomic E-state index is 14.3. The van der Waals surface area contributed by atoms with Crippen LogP contribution in [-0.2, 0) is 6.42 Å². The maximum Gasteiger partial charge on any atom is 0.404 e. The van der Waals surface area contributed by atoms with Crippen molar-refractivity contribution < 1.29 is 14.3 Å². The van der Waals surface area contributed by atoms with Crippen LogP contribution in [0.3, 0.4) is 0 Å². The second kappa shape index (κ2) is 7.99. The third kappa shape index (κ3) is 3.85. The summed E-state index contributed by atoms with van der Waals surface area (Å²) in [6, 6.07) is 9.75. The SMILES string of the molecule is CCCC(c1ccncc1F)n1ccc2cc(CCNC(=O)O)ccc21. The highest BCUT2D eigenvalue weighted by atomic mass is 19.1. The number of hydrogen-bond donors (Lipinski definition) is 2. The molecule has 5 nitrogen and oxygen atoms in total. The van der Waals surface area contributed by atoms with Crippen LogP contribution >= 0.6 is 0 Å². The van der Waals surface area contributed by atoms with Crippen molar-refractivity contribution in [2.45, 2.75) is 32.2 Å². The fourth-order valence-electron chi connectivity index (χ4n) is 3.33. The Morgan fingerprint density at radius 2 is 2.19 bits per heavy atom. The van der Waals surface area contributed by atoms with Crippen LogP contribution in [0, 0.1) is 5.82 Å². The van der Waals surface area contributed by atoms with E-state index in [0.29, 0.717) is 18.5 Å². The summed E-state index contributed by atoms with van der Waals surface area (Å²) in [5.74, 6) is -0.288. The molecule has 1 unspecified atom stereocenters. The van der Waals surface area contributed by atoms with Gasteiger partial charge in [0.25, 0.3) is 0 Å². The number of nitrogens with zero attached hydrogens (tertiary/aromatic N) is 2. The Labute approximate surface area is 151 Å². The summed E-state index contributed by atoms with van der Waals surface area (Å²) in [6.07, 6.45) is 6.26. The zero-order chi connectivity index (χ0) is 18.5. The number of nitrogens with one attached hydrogen (secondary N) is 1. The lowest BCUT2D eigenvalue weighted by atomic mass is 10.0. The summed E-state index contributed by atoms with van der Waals surface area (Å²) in [5, 5.41) is 12.1. The van der Waals surface area contributed by atoms with Crippen molar-refractivity contribution in [1.82, 2.24) is 14.9 Å². The van der Waals surface area contributed by atoms with Gasteiger partial charge in [-0.05, 0) is 48.1 Å². The van der Waals surface area contributed by atoms with Gasteiger partial charge in [0.15, 0.2) is 0 Å². The largest absolute Gasteiger partial charge is 0.465 e. The third-order valence-electron chi connectivity index (χ3n) is 4.54. The van der Waals surface area contributed by atoms with E-state index < -0.39 is 6.09 Å². The number of amides is 1. The van der Waals surface area contributed by atoms with Gasteiger partial charge in [-0.1, -0.05) is 19.4 Å². The van der Waals surface area contributed by atoms with Crippen LogP contribution in [0.2, 0.25) is 0 Å². The second-order valence-electron chi connectivity index (χ2n) is 6.30. The Hall–Kier alpha value is -2.89. The molecular formula is C20H22FN3O2. The second-order valence-corrected chi connectivity index (χ2v) is 6.30. The van der Waals surface area contributed by atoms with Crippen molar-refractivity contribution in [3.8, 4) is 0 Å². The first-order valence-corrected chi connectivity index (χ1v) is 8.75. The fourth-order valence-corrected chi connectivity index (χ4v) is 3.33. The molecule has 0 saturated carbocycles. The van der Waals surface area contributed by atoms with E-state index in [1.165, 1.54) is 6.20 Å². The molecule has 0 saturated heterocycles. The van der Waals surface area contributed by atoms with Gasteiger partial charge in [0, 0.05) is 30.0 Å². The minimum atomic E-state index is -1.01. The molecule has 0 bridgehead atoms. The zero-order valence-electron chi connectivity index (χ0n) is 14.7. The molecule has 1 amide bonds. The first kappa shape index (κ1) is 17.9. The molecule has 2 heterocycles. The van der Waals surface area contributed by atoms with Crippen LogP contribution < -0.4 is 5.32 Å². The molecule has 0 fully saturated rings. The Balaban J connectivity index is 1.91. The molecule has 2 N–H and O–H groups in total. The highest BCUT2D eigenvalue weighted by Crippen LogP contribution is 2.30. The molecule has 1 aromatic carbocycles. The van der Waals surface area contributed by atoms with Gasteiger partial charge in [-0.25, -0.2) is 9.18 Å². The summed E-state index contributed by atoms with van der Waals surface area (Å²) in [7, 11) is 0. The predicted octanol–water partition coefficient (Wildman–Crippen LogP) is 4.38. The Morgan fingerprint density at radius 1 is 1.35 bits per heavy atom. The quantitative estimate of drug-likeness (QED) is 0.661. The lowest BCUT2D eigenvalue weighted by Crippen LogP contribution is -2.23. The van der Waals surface area contributed by atoms with E-state index in [2.05, 4.69) is 27.9 Å². The van der Waals surface area contributed by atoms with Gasteiger partial charge in [-0.3, -0.25) is 4.98 Å². The molecule has 136 valence electrons. The zero-order valence-corrected chi connectivity index (χ0v) is 14.7. The van der Waals surface area contributed by atoms with Crippen molar-refractivity contribution >= 4 is 17.0 Å². The molecule has 3 aromatic rings. The molecule has 0 spiro atoms. The summed E-state index contributed by atoms with van der Waals surface area (Å²) in [5.41, 5.74) is 2.75. The van der Waals surface area contributed by atoms with Crippen LogP contribution in [0.4, 0.5) is 9.18 Å². The number of hydrogen-bond acceptors (Lipinski definition) is 2. The Kier molecular flexibility index (Phi) is 5.51. The molecule has 6 heteroatoms. The highest BCUT2D eigenvalue weighted by molar-refractivity contribution is 5.81.